The summed E-state index contributed by atoms with van der Waals surface area (Å²) in [5, 5.41) is 11.9. The molecule has 3 aromatic rings. The van der Waals surface area contributed by atoms with Crippen molar-refractivity contribution >= 4 is 35.1 Å². The number of nitrogens with one attached hydrogen (secondary N) is 1. The van der Waals surface area contributed by atoms with Gasteiger partial charge in [0, 0.05) is 11.6 Å². The van der Waals surface area contributed by atoms with E-state index in [4.69, 9.17) is 14.6 Å². The number of carboxylic acids is 1. The minimum absolute atomic E-state index is 0.00211. The van der Waals surface area contributed by atoms with Crippen molar-refractivity contribution in [1.82, 2.24) is 0 Å². The molecule has 3 aromatic carbocycles. The smallest absolute Gasteiger partial charge is 0.335 e. The molecule has 9 heteroatoms. The highest BCUT2D eigenvalue weighted by Crippen LogP contribution is 2.31. The molecule has 4 rings (SSSR count). The molecule has 33 heavy (non-hydrogen) atoms. The number of nitrogens with zero attached hydrogens (tertiary/aromatic N) is 1. The third-order valence-electron chi connectivity index (χ3n) is 5.16. The number of hydrogen-bond acceptors (Lipinski definition) is 6. The molecule has 0 atom stereocenters. The number of benzene rings is 3. The first-order chi connectivity index (χ1) is 15.8. The molecule has 1 heterocycles. The minimum atomic E-state index is -1.20. The molecule has 0 saturated heterocycles. The van der Waals surface area contributed by atoms with Crippen LogP contribution in [0.5, 0.6) is 11.5 Å². The van der Waals surface area contributed by atoms with Crippen LogP contribution in [0.15, 0.2) is 60.7 Å². The molecule has 0 saturated carbocycles. The molecule has 1 aliphatic rings. The summed E-state index contributed by atoms with van der Waals surface area (Å²) in [6.45, 7) is 0. The third kappa shape index (κ3) is 3.87. The number of hydrogen-bond donors (Lipinski definition) is 2. The molecular formula is C24H18N2O7. The summed E-state index contributed by atoms with van der Waals surface area (Å²) in [5.41, 5.74) is 0.801. The predicted octanol–water partition coefficient (Wildman–Crippen LogP) is 3.45. The first-order valence-electron chi connectivity index (χ1n) is 9.73. The minimum Gasteiger partial charge on any atom is -0.497 e. The second-order valence-corrected chi connectivity index (χ2v) is 7.08. The highest BCUT2D eigenvalue weighted by Gasteiger charge is 2.37. The summed E-state index contributed by atoms with van der Waals surface area (Å²) in [6, 6.07) is 14.7. The lowest BCUT2D eigenvalue weighted by atomic mass is 10.1. The number of carboxylic acid groups (broad SMARTS) is 1. The number of imide groups is 1. The van der Waals surface area contributed by atoms with Crippen LogP contribution in [0.3, 0.4) is 0 Å². The maximum Gasteiger partial charge on any atom is 0.335 e. The van der Waals surface area contributed by atoms with E-state index in [9.17, 15) is 19.2 Å². The van der Waals surface area contributed by atoms with Gasteiger partial charge >= 0.3 is 5.97 Å². The molecule has 3 amide bonds. The van der Waals surface area contributed by atoms with Crippen LogP contribution in [-0.4, -0.2) is 43.0 Å². The Labute approximate surface area is 188 Å². The van der Waals surface area contributed by atoms with E-state index in [0.29, 0.717) is 17.2 Å². The number of methoxy groups -OCH3 is 2. The van der Waals surface area contributed by atoms with Crippen molar-refractivity contribution in [1.29, 1.82) is 0 Å². The zero-order chi connectivity index (χ0) is 23.7. The lowest BCUT2D eigenvalue weighted by molar-refractivity contribution is 0.0696. The Kier molecular flexibility index (Phi) is 5.53. The van der Waals surface area contributed by atoms with E-state index in [1.165, 1.54) is 50.6 Å². The quantitative estimate of drug-likeness (QED) is 0.556. The summed E-state index contributed by atoms with van der Waals surface area (Å²) < 4.78 is 10.4. The zero-order valence-electron chi connectivity index (χ0n) is 17.6. The van der Waals surface area contributed by atoms with E-state index < -0.39 is 23.7 Å². The fourth-order valence-electron chi connectivity index (χ4n) is 3.49. The van der Waals surface area contributed by atoms with Gasteiger partial charge in [0.05, 0.1) is 42.3 Å². The third-order valence-corrected chi connectivity index (χ3v) is 5.16. The molecule has 0 radical (unpaired) electrons. The SMILES string of the molecule is COc1ccc(NC(=O)c2cccc(N3C(=O)c4ccc(C(=O)O)cc4C3=O)c2)c(OC)c1. The fourth-order valence-corrected chi connectivity index (χ4v) is 3.49. The fraction of sp³-hybridized carbons (Fsp3) is 0.0833. The number of carbonyl (C=O) groups is 4. The van der Waals surface area contributed by atoms with Crippen LogP contribution in [0, 0.1) is 0 Å². The largest absolute Gasteiger partial charge is 0.497 e. The van der Waals surface area contributed by atoms with Gasteiger partial charge in [0.2, 0.25) is 0 Å². The topological polar surface area (TPSA) is 122 Å². The molecule has 2 N–H and O–H groups in total. The maximum absolute atomic E-state index is 12.9. The normalized spacial score (nSPS) is 12.4. The van der Waals surface area contributed by atoms with Crippen molar-refractivity contribution < 1.29 is 33.8 Å². The van der Waals surface area contributed by atoms with Crippen molar-refractivity contribution in [3.05, 3.63) is 82.9 Å². The van der Waals surface area contributed by atoms with Gasteiger partial charge in [-0.25, -0.2) is 9.69 Å². The van der Waals surface area contributed by atoms with Crippen LogP contribution < -0.4 is 19.7 Å². The van der Waals surface area contributed by atoms with Gasteiger partial charge < -0.3 is 19.9 Å². The van der Waals surface area contributed by atoms with Crippen LogP contribution in [0.1, 0.15) is 41.4 Å². The van der Waals surface area contributed by atoms with Gasteiger partial charge in [0.25, 0.3) is 17.7 Å². The zero-order valence-corrected chi connectivity index (χ0v) is 17.6. The Morgan fingerprint density at radius 1 is 0.848 bits per heavy atom. The number of anilines is 2. The van der Waals surface area contributed by atoms with Gasteiger partial charge in [-0.2, -0.15) is 0 Å². The Balaban J connectivity index is 1.62. The standard InChI is InChI=1S/C24H18N2O7/c1-32-16-7-9-19(20(12-16)33-2)25-21(27)13-4-3-5-15(10-13)26-22(28)17-8-6-14(24(30)31)11-18(17)23(26)29/h3-12H,1-2H3,(H,25,27)(H,30,31). The van der Waals surface area contributed by atoms with E-state index in [1.807, 2.05) is 0 Å². The Morgan fingerprint density at radius 3 is 2.30 bits per heavy atom. The van der Waals surface area contributed by atoms with E-state index in [-0.39, 0.29) is 27.9 Å². The van der Waals surface area contributed by atoms with E-state index in [2.05, 4.69) is 5.32 Å². The molecule has 166 valence electrons. The van der Waals surface area contributed by atoms with Crippen molar-refractivity contribution in [3.8, 4) is 11.5 Å². The summed E-state index contributed by atoms with van der Waals surface area (Å²) in [5.74, 6) is -1.99. The van der Waals surface area contributed by atoms with Gasteiger partial charge in [-0.05, 0) is 48.5 Å². The van der Waals surface area contributed by atoms with Gasteiger partial charge in [0.1, 0.15) is 11.5 Å². The summed E-state index contributed by atoms with van der Waals surface area (Å²) in [7, 11) is 2.98. The molecule has 0 bridgehead atoms. The molecule has 9 nitrogen and oxygen atoms in total. The molecule has 0 aromatic heterocycles. The molecule has 0 spiro atoms. The molecule has 1 aliphatic heterocycles. The first kappa shape index (κ1) is 21.6. The monoisotopic (exact) mass is 446 g/mol. The lowest BCUT2D eigenvalue weighted by Crippen LogP contribution is -2.29. The van der Waals surface area contributed by atoms with Gasteiger partial charge in [-0.15, -0.1) is 0 Å². The van der Waals surface area contributed by atoms with Crippen LogP contribution >= 0.6 is 0 Å². The number of aromatic carboxylic acids is 1. The average molecular weight is 446 g/mol. The number of amides is 3. The van der Waals surface area contributed by atoms with Crippen molar-refractivity contribution in [2.45, 2.75) is 0 Å². The molecule has 0 unspecified atom stereocenters. The van der Waals surface area contributed by atoms with Crippen LogP contribution in [0.25, 0.3) is 0 Å². The molecule has 0 aliphatic carbocycles. The highest BCUT2D eigenvalue weighted by molar-refractivity contribution is 6.34. The van der Waals surface area contributed by atoms with E-state index in [1.54, 1.807) is 24.3 Å². The summed E-state index contributed by atoms with van der Waals surface area (Å²) in [4.78, 5) is 50.7. The maximum atomic E-state index is 12.9. The Hall–Kier alpha value is -4.66. The Morgan fingerprint density at radius 2 is 1.61 bits per heavy atom. The van der Waals surface area contributed by atoms with E-state index in [0.717, 1.165) is 4.90 Å². The van der Waals surface area contributed by atoms with Crippen LogP contribution in [0.2, 0.25) is 0 Å². The predicted molar refractivity (Wildman–Crippen MR) is 118 cm³/mol. The van der Waals surface area contributed by atoms with Crippen LogP contribution in [-0.2, 0) is 0 Å². The number of fused-ring (bicyclic) bond motifs is 1. The highest BCUT2D eigenvalue weighted by atomic mass is 16.5. The van der Waals surface area contributed by atoms with Crippen molar-refractivity contribution in [2.75, 3.05) is 24.4 Å². The number of ether oxygens (including phenoxy) is 2. The average Bonchev–Trinajstić information content (AvgIpc) is 3.08. The molecule has 0 fully saturated rings. The van der Waals surface area contributed by atoms with Gasteiger partial charge in [-0.3, -0.25) is 14.4 Å². The van der Waals surface area contributed by atoms with Crippen LogP contribution in [0.4, 0.5) is 11.4 Å². The number of carbonyl (C=O) groups excluding carboxylic acids is 3. The van der Waals surface area contributed by atoms with Gasteiger partial charge in [-0.1, -0.05) is 6.07 Å². The molecular weight excluding hydrogens is 428 g/mol. The summed E-state index contributed by atoms with van der Waals surface area (Å²) >= 11 is 0. The van der Waals surface area contributed by atoms with Crippen molar-refractivity contribution in [2.24, 2.45) is 0 Å². The lowest BCUT2D eigenvalue weighted by Gasteiger charge is -2.15. The Bertz CT molecular complexity index is 1320. The first-order valence-corrected chi connectivity index (χ1v) is 9.73. The second kappa shape index (κ2) is 8.46. The number of rotatable bonds is 6. The van der Waals surface area contributed by atoms with E-state index >= 15 is 0 Å². The second-order valence-electron chi connectivity index (χ2n) is 7.08. The summed E-state index contributed by atoms with van der Waals surface area (Å²) in [6.07, 6.45) is 0. The van der Waals surface area contributed by atoms with Crippen molar-refractivity contribution in [3.63, 3.8) is 0 Å². The van der Waals surface area contributed by atoms with Gasteiger partial charge in [0.15, 0.2) is 0 Å².